The van der Waals surface area contributed by atoms with Gasteiger partial charge in [-0.15, -0.1) is 0 Å². The number of hydrogen-bond acceptors (Lipinski definition) is 9. The lowest BCUT2D eigenvalue weighted by atomic mass is 9.35. The molecule has 0 aromatic rings. The molecule has 0 aromatic carbocycles. The van der Waals surface area contributed by atoms with Crippen LogP contribution in [0.3, 0.4) is 0 Å². The molecule has 3 N–H and O–H groups in total. The Bertz CT molecular complexity index is 1830. The summed E-state index contributed by atoms with van der Waals surface area (Å²) in [5.41, 5.74) is -16.5. The Morgan fingerprint density at radius 3 is 1.65 bits per heavy atom. The maximum Gasteiger partial charge on any atom is 0.438 e. The molecule has 10 unspecified atom stereocenters. The minimum absolute atomic E-state index is 0.0344. The summed E-state index contributed by atoms with van der Waals surface area (Å²) in [6, 6.07) is 0. The Morgan fingerprint density at radius 2 is 1.14 bits per heavy atom. The standard InChI is InChI=1S/C32H38F12O11S2/c33-29(34,35)27(30(36,37)38,13-56(48,49)50)54-21(45)11-24-5-15-1-2-19(17(3-15)8-24)20(10-24)26-7-16-4-18(22(26)46)9-25(6-16,12-26)23(47)55-28(31(39,40)41,32(42,43)44)14-57(51,52)53/h15-20,22,46H,1-14H2,(H,48,49,50)(H,51,52,53). The van der Waals surface area contributed by atoms with Crippen molar-refractivity contribution in [2.24, 2.45) is 51.8 Å². The summed E-state index contributed by atoms with van der Waals surface area (Å²) >= 11 is 0. The maximum absolute atomic E-state index is 14.2. The van der Waals surface area contributed by atoms with E-state index in [1.807, 2.05) is 0 Å². The summed E-state index contributed by atoms with van der Waals surface area (Å²) in [4.78, 5) is 27.2. The summed E-state index contributed by atoms with van der Waals surface area (Å²) in [5.74, 6) is -13.8. The molecule has 0 aliphatic heterocycles. The van der Waals surface area contributed by atoms with Crippen molar-refractivity contribution in [1.29, 1.82) is 0 Å². The van der Waals surface area contributed by atoms with Gasteiger partial charge in [0.1, 0.15) is 11.5 Å². The number of hydrogen-bond donors (Lipinski definition) is 3. The molecule has 0 amide bonds. The monoisotopic (exact) mass is 890 g/mol. The van der Waals surface area contributed by atoms with Crippen LogP contribution in [0.4, 0.5) is 52.7 Å². The van der Waals surface area contributed by atoms with Gasteiger partial charge >= 0.3 is 47.8 Å². The fraction of sp³-hybridized carbons (Fsp3) is 0.938. The van der Waals surface area contributed by atoms with Gasteiger partial charge in [0.15, 0.2) is 0 Å². The fourth-order valence-electron chi connectivity index (χ4n) is 12.4. The molecule has 7 rings (SSSR count). The number of aliphatic hydroxyl groups excluding tert-OH is 1. The molecule has 7 aliphatic carbocycles. The van der Waals surface area contributed by atoms with Gasteiger partial charge < -0.3 is 14.6 Å². The molecule has 0 spiro atoms. The van der Waals surface area contributed by atoms with Crippen molar-refractivity contribution in [2.45, 2.75) is 119 Å². The Labute approximate surface area is 317 Å². The second-order valence-corrected chi connectivity index (χ2v) is 20.5. The van der Waals surface area contributed by atoms with Crippen molar-refractivity contribution in [3.8, 4) is 0 Å². The second-order valence-electron chi connectivity index (χ2n) is 17.6. The molecule has 25 heteroatoms. The number of fused-ring (bicyclic) bond motifs is 2. The molecule has 7 bridgehead atoms. The van der Waals surface area contributed by atoms with Crippen molar-refractivity contribution in [2.75, 3.05) is 11.5 Å². The molecule has 0 aromatic heterocycles. The van der Waals surface area contributed by atoms with Gasteiger partial charge in [0.05, 0.1) is 17.9 Å². The van der Waals surface area contributed by atoms with Crippen LogP contribution in [-0.2, 0) is 39.3 Å². The molecule has 7 saturated carbocycles. The predicted octanol–water partition coefficient (Wildman–Crippen LogP) is 6.36. The lowest BCUT2D eigenvalue weighted by Crippen LogP contribution is -2.69. The van der Waals surface area contributed by atoms with E-state index in [4.69, 9.17) is 9.11 Å². The van der Waals surface area contributed by atoms with Crippen LogP contribution in [0.25, 0.3) is 0 Å². The van der Waals surface area contributed by atoms with Crippen LogP contribution in [0.5, 0.6) is 0 Å². The van der Waals surface area contributed by atoms with Crippen molar-refractivity contribution in [1.82, 2.24) is 0 Å². The van der Waals surface area contributed by atoms with Gasteiger partial charge in [-0.2, -0.15) is 69.5 Å². The van der Waals surface area contributed by atoms with E-state index >= 15 is 0 Å². The number of carbonyl (C=O) groups excluding carboxylic acids is 2. The molecular formula is C32H38F12O11S2. The summed E-state index contributed by atoms with van der Waals surface area (Å²) in [7, 11) is -12.2. The number of carbonyl (C=O) groups is 2. The molecule has 0 saturated heterocycles. The minimum atomic E-state index is -6.62. The topological polar surface area (TPSA) is 182 Å². The average molecular weight is 891 g/mol. The van der Waals surface area contributed by atoms with Crippen molar-refractivity contribution in [3.05, 3.63) is 0 Å². The minimum Gasteiger partial charge on any atom is -0.438 e. The molecule has 7 fully saturated rings. The summed E-state index contributed by atoms with van der Waals surface area (Å²) in [6.45, 7) is 0. The molecule has 57 heavy (non-hydrogen) atoms. The largest absolute Gasteiger partial charge is 0.438 e. The Hall–Kier alpha value is -2.12. The van der Waals surface area contributed by atoms with Crippen LogP contribution in [0, 0.1) is 51.8 Å². The van der Waals surface area contributed by atoms with Crippen LogP contribution in [0.1, 0.15) is 77.0 Å². The Morgan fingerprint density at radius 1 is 0.632 bits per heavy atom. The second kappa shape index (κ2) is 13.2. The first-order valence-electron chi connectivity index (χ1n) is 17.8. The van der Waals surface area contributed by atoms with Gasteiger partial charge in [0, 0.05) is 5.41 Å². The van der Waals surface area contributed by atoms with Crippen LogP contribution in [0.15, 0.2) is 0 Å². The van der Waals surface area contributed by atoms with Gasteiger partial charge in [0.25, 0.3) is 20.2 Å². The predicted molar refractivity (Wildman–Crippen MR) is 164 cm³/mol. The molecule has 7 aliphatic rings. The first-order chi connectivity index (χ1) is 25.5. The zero-order chi connectivity index (χ0) is 43.0. The van der Waals surface area contributed by atoms with Gasteiger partial charge in [-0.25, -0.2) is 0 Å². The lowest BCUT2D eigenvalue weighted by molar-refractivity contribution is -0.365. The molecule has 10 atom stereocenters. The SMILES string of the molecule is O=C(CC12CC3CCC(C(C3)C1)C(C13CC4CC(CC(C(=O)OC(CS(=O)(=O)O)(C(F)(F)F)C(F)(F)F)(C4)C1)C3O)C2)OC(CS(=O)(=O)O)(C(F)(F)F)C(F)(F)F. The smallest absolute Gasteiger partial charge is 0.438 e. The average Bonchev–Trinajstić information content (AvgIpc) is 2.97. The summed E-state index contributed by atoms with van der Waals surface area (Å²) < 4.78 is 242. The Balaban J connectivity index is 1.37. The first kappa shape index (κ1) is 44.4. The highest BCUT2D eigenvalue weighted by Crippen LogP contribution is 2.74. The van der Waals surface area contributed by atoms with E-state index < -0.39 is 151 Å². The number of alkyl halides is 12. The van der Waals surface area contributed by atoms with E-state index in [0.29, 0.717) is 19.3 Å². The van der Waals surface area contributed by atoms with Gasteiger partial charge in [0.2, 0.25) is 0 Å². The summed E-state index contributed by atoms with van der Waals surface area (Å²) in [5, 5.41) is 11.9. The van der Waals surface area contributed by atoms with Crippen LogP contribution in [0.2, 0.25) is 0 Å². The summed E-state index contributed by atoms with van der Waals surface area (Å²) in [6.07, 6.45) is -28.9. The third-order valence-corrected chi connectivity index (χ3v) is 15.5. The Kier molecular flexibility index (Phi) is 10.3. The van der Waals surface area contributed by atoms with E-state index in [1.165, 1.54) is 0 Å². The molecule has 11 nitrogen and oxygen atoms in total. The highest BCUT2D eigenvalue weighted by atomic mass is 32.2. The number of aliphatic hydroxyl groups is 1. The molecule has 0 heterocycles. The molecular weight excluding hydrogens is 852 g/mol. The highest BCUT2D eigenvalue weighted by Gasteiger charge is 2.79. The lowest BCUT2D eigenvalue weighted by Gasteiger charge is -2.70. The quantitative estimate of drug-likeness (QED) is 0.126. The first-order valence-corrected chi connectivity index (χ1v) is 21.0. The van der Waals surface area contributed by atoms with Crippen LogP contribution in [-0.4, -0.2) is 96.5 Å². The third kappa shape index (κ3) is 7.41. The van der Waals surface area contributed by atoms with E-state index in [-0.39, 0.29) is 44.4 Å². The molecule has 0 radical (unpaired) electrons. The number of rotatable bonds is 10. The highest BCUT2D eigenvalue weighted by molar-refractivity contribution is 7.86. The van der Waals surface area contributed by atoms with Crippen molar-refractivity contribution >= 4 is 32.2 Å². The maximum atomic E-state index is 14.2. The zero-order valence-electron chi connectivity index (χ0n) is 29.4. The fourth-order valence-corrected chi connectivity index (χ4v) is 14.2. The molecule has 328 valence electrons. The van der Waals surface area contributed by atoms with Crippen molar-refractivity contribution in [3.63, 3.8) is 0 Å². The van der Waals surface area contributed by atoms with Gasteiger partial charge in [-0.1, -0.05) is 6.42 Å². The third-order valence-electron chi connectivity index (χ3n) is 13.9. The van der Waals surface area contributed by atoms with Gasteiger partial charge in [-0.3, -0.25) is 18.7 Å². The van der Waals surface area contributed by atoms with E-state index in [2.05, 4.69) is 9.47 Å². The van der Waals surface area contributed by atoms with E-state index in [1.54, 1.807) is 0 Å². The number of ether oxygens (including phenoxy) is 2. The van der Waals surface area contributed by atoms with Crippen molar-refractivity contribution < 1.29 is 103 Å². The van der Waals surface area contributed by atoms with Gasteiger partial charge in [-0.05, 0) is 105 Å². The van der Waals surface area contributed by atoms with E-state index in [9.17, 15) is 84.2 Å². The number of halogens is 12. The van der Waals surface area contributed by atoms with Crippen LogP contribution >= 0.6 is 0 Å². The van der Waals surface area contributed by atoms with E-state index in [0.717, 1.165) is 0 Å². The normalized spacial score (nSPS) is 37.3. The van der Waals surface area contributed by atoms with Crippen LogP contribution < -0.4 is 0 Å². The zero-order valence-corrected chi connectivity index (χ0v) is 31.0. The number of esters is 2.